The molecule has 0 unspecified atom stereocenters. The number of carboxylic acids is 1. The molecule has 20 heavy (non-hydrogen) atoms. The molecule has 0 aliphatic rings. The van der Waals surface area contributed by atoms with E-state index in [9.17, 15) is 9.59 Å². The zero-order valence-corrected chi connectivity index (χ0v) is 13.0. The lowest BCUT2D eigenvalue weighted by molar-refractivity contribution is -0.136. The molecular formula is C15H20ClNO3. The van der Waals surface area contributed by atoms with Crippen LogP contribution in [0.4, 0.5) is 5.69 Å². The molecule has 0 bridgehead atoms. The van der Waals surface area contributed by atoms with E-state index in [-0.39, 0.29) is 24.8 Å². The Balaban J connectivity index is 3.23. The fourth-order valence-corrected chi connectivity index (χ4v) is 2.52. The zero-order valence-electron chi connectivity index (χ0n) is 12.2. The van der Waals surface area contributed by atoms with Crippen LogP contribution in [0.25, 0.3) is 0 Å². The molecule has 0 radical (unpaired) electrons. The number of rotatable bonds is 5. The topological polar surface area (TPSA) is 57.6 Å². The minimum Gasteiger partial charge on any atom is -0.481 e. The quantitative estimate of drug-likeness (QED) is 0.906. The van der Waals surface area contributed by atoms with Gasteiger partial charge in [-0.1, -0.05) is 31.5 Å². The van der Waals surface area contributed by atoms with Gasteiger partial charge in [0.15, 0.2) is 0 Å². The summed E-state index contributed by atoms with van der Waals surface area (Å²) in [6.07, 6.45) is -0.109. The predicted molar refractivity (Wildman–Crippen MR) is 80.4 cm³/mol. The molecule has 1 aromatic rings. The standard InChI is InChI=1S/C15H20ClNO3/c1-9(2)15(20)17(6-5-13(18)19)14-11(4)7-10(3)8-12(14)16/h7-9H,5-6H2,1-4H3,(H,18,19). The van der Waals surface area contributed by atoms with Crippen molar-refractivity contribution in [3.63, 3.8) is 0 Å². The number of carbonyl (C=O) groups is 2. The summed E-state index contributed by atoms with van der Waals surface area (Å²) in [5.41, 5.74) is 2.48. The first-order valence-electron chi connectivity index (χ1n) is 6.54. The molecule has 0 aliphatic heterocycles. The van der Waals surface area contributed by atoms with Crippen LogP contribution in [0.5, 0.6) is 0 Å². The number of hydrogen-bond acceptors (Lipinski definition) is 2. The van der Waals surface area contributed by atoms with E-state index in [0.717, 1.165) is 11.1 Å². The smallest absolute Gasteiger partial charge is 0.305 e. The largest absolute Gasteiger partial charge is 0.481 e. The van der Waals surface area contributed by atoms with Crippen molar-refractivity contribution in [2.45, 2.75) is 34.1 Å². The van der Waals surface area contributed by atoms with Crippen molar-refractivity contribution in [2.24, 2.45) is 5.92 Å². The summed E-state index contributed by atoms with van der Waals surface area (Å²) in [4.78, 5) is 24.6. The molecule has 4 nitrogen and oxygen atoms in total. The number of hydrogen-bond donors (Lipinski definition) is 1. The third kappa shape index (κ3) is 3.97. The lowest BCUT2D eigenvalue weighted by Gasteiger charge is -2.27. The van der Waals surface area contributed by atoms with Crippen LogP contribution in [0.2, 0.25) is 5.02 Å². The van der Waals surface area contributed by atoms with Crippen molar-refractivity contribution in [3.8, 4) is 0 Å². The first-order chi connectivity index (χ1) is 9.23. The summed E-state index contributed by atoms with van der Waals surface area (Å²) in [7, 11) is 0. The molecule has 0 saturated carbocycles. The summed E-state index contributed by atoms with van der Waals surface area (Å²) in [6, 6.07) is 3.72. The van der Waals surface area contributed by atoms with Crippen LogP contribution in [-0.4, -0.2) is 23.5 Å². The fourth-order valence-electron chi connectivity index (χ4n) is 2.10. The van der Waals surface area contributed by atoms with Gasteiger partial charge in [0.25, 0.3) is 0 Å². The molecule has 0 heterocycles. The van der Waals surface area contributed by atoms with Crippen LogP contribution in [-0.2, 0) is 9.59 Å². The predicted octanol–water partition coefficient (Wildman–Crippen LogP) is 3.42. The van der Waals surface area contributed by atoms with Crippen molar-refractivity contribution in [1.29, 1.82) is 0 Å². The van der Waals surface area contributed by atoms with Crippen molar-refractivity contribution < 1.29 is 14.7 Å². The highest BCUT2D eigenvalue weighted by Crippen LogP contribution is 2.32. The summed E-state index contributed by atoms with van der Waals surface area (Å²) >= 11 is 6.25. The van der Waals surface area contributed by atoms with E-state index in [1.54, 1.807) is 19.9 Å². The van der Waals surface area contributed by atoms with Crippen LogP contribution < -0.4 is 4.90 Å². The number of aryl methyl sites for hydroxylation is 2. The van der Waals surface area contributed by atoms with Gasteiger partial charge in [0.05, 0.1) is 17.1 Å². The molecule has 1 amide bonds. The van der Waals surface area contributed by atoms with Gasteiger partial charge < -0.3 is 10.0 Å². The average Bonchev–Trinajstić information content (AvgIpc) is 2.30. The number of halogens is 1. The van der Waals surface area contributed by atoms with E-state index >= 15 is 0 Å². The Labute approximate surface area is 124 Å². The van der Waals surface area contributed by atoms with E-state index in [0.29, 0.717) is 10.7 Å². The second-order valence-corrected chi connectivity index (χ2v) is 5.61. The Kier molecular flexibility index (Phi) is 5.57. The van der Waals surface area contributed by atoms with Gasteiger partial charge in [0.1, 0.15) is 0 Å². The van der Waals surface area contributed by atoms with E-state index in [1.807, 2.05) is 19.9 Å². The number of carbonyl (C=O) groups excluding carboxylic acids is 1. The molecule has 0 atom stereocenters. The van der Waals surface area contributed by atoms with E-state index in [4.69, 9.17) is 16.7 Å². The van der Waals surface area contributed by atoms with Gasteiger partial charge in [0.2, 0.25) is 5.91 Å². The Bertz CT molecular complexity index is 503. The molecule has 1 aromatic carbocycles. The van der Waals surface area contributed by atoms with E-state index < -0.39 is 5.97 Å². The normalized spacial score (nSPS) is 10.7. The SMILES string of the molecule is Cc1cc(C)c(N(CCC(=O)O)C(=O)C(C)C)c(Cl)c1. The number of carboxylic acid groups (broad SMARTS) is 1. The maximum Gasteiger partial charge on any atom is 0.305 e. The first kappa shape index (κ1) is 16.5. The minimum absolute atomic E-state index is 0.109. The van der Waals surface area contributed by atoms with Crippen molar-refractivity contribution >= 4 is 29.2 Å². The summed E-state index contributed by atoms with van der Waals surface area (Å²) in [6.45, 7) is 7.49. The summed E-state index contributed by atoms with van der Waals surface area (Å²) in [5.74, 6) is -1.28. The van der Waals surface area contributed by atoms with Crippen molar-refractivity contribution in [1.82, 2.24) is 0 Å². The fraction of sp³-hybridized carbons (Fsp3) is 0.467. The Morgan fingerprint density at radius 1 is 1.30 bits per heavy atom. The number of amides is 1. The minimum atomic E-state index is -0.938. The molecule has 0 saturated heterocycles. The molecule has 0 spiro atoms. The van der Waals surface area contributed by atoms with Gasteiger partial charge in [-0.05, 0) is 31.0 Å². The molecule has 0 fully saturated rings. The Hall–Kier alpha value is -1.55. The Morgan fingerprint density at radius 3 is 2.35 bits per heavy atom. The third-order valence-electron chi connectivity index (χ3n) is 2.98. The number of nitrogens with zero attached hydrogens (tertiary/aromatic N) is 1. The highest BCUT2D eigenvalue weighted by molar-refractivity contribution is 6.34. The molecule has 1 N–H and O–H groups in total. The van der Waals surface area contributed by atoms with Crippen LogP contribution in [0.15, 0.2) is 12.1 Å². The van der Waals surface area contributed by atoms with Gasteiger partial charge in [-0.3, -0.25) is 9.59 Å². The van der Waals surface area contributed by atoms with Gasteiger partial charge in [-0.15, -0.1) is 0 Å². The van der Waals surface area contributed by atoms with Gasteiger partial charge in [-0.25, -0.2) is 0 Å². The van der Waals surface area contributed by atoms with Crippen LogP contribution in [0.1, 0.15) is 31.4 Å². The van der Waals surface area contributed by atoms with E-state index in [2.05, 4.69) is 0 Å². The van der Waals surface area contributed by atoms with Crippen molar-refractivity contribution in [2.75, 3.05) is 11.4 Å². The first-order valence-corrected chi connectivity index (χ1v) is 6.91. The molecule has 1 rings (SSSR count). The van der Waals surface area contributed by atoms with Gasteiger partial charge in [0, 0.05) is 12.5 Å². The van der Waals surface area contributed by atoms with Crippen LogP contribution >= 0.6 is 11.6 Å². The lowest BCUT2D eigenvalue weighted by atomic mass is 10.1. The number of benzene rings is 1. The van der Waals surface area contributed by atoms with Crippen LogP contribution in [0, 0.1) is 19.8 Å². The van der Waals surface area contributed by atoms with E-state index in [1.165, 1.54) is 4.90 Å². The number of aliphatic carboxylic acids is 1. The van der Waals surface area contributed by atoms with Crippen molar-refractivity contribution in [3.05, 3.63) is 28.3 Å². The second kappa shape index (κ2) is 6.75. The maximum atomic E-state index is 12.3. The molecular weight excluding hydrogens is 278 g/mol. The highest BCUT2D eigenvalue weighted by atomic mass is 35.5. The molecule has 0 aliphatic carbocycles. The lowest BCUT2D eigenvalue weighted by Crippen LogP contribution is -2.36. The second-order valence-electron chi connectivity index (χ2n) is 5.20. The third-order valence-corrected chi connectivity index (χ3v) is 3.27. The zero-order chi connectivity index (χ0) is 15.4. The monoisotopic (exact) mass is 297 g/mol. The highest BCUT2D eigenvalue weighted by Gasteiger charge is 2.23. The van der Waals surface area contributed by atoms with Gasteiger partial charge in [-0.2, -0.15) is 0 Å². The average molecular weight is 298 g/mol. The molecule has 110 valence electrons. The van der Waals surface area contributed by atoms with Gasteiger partial charge >= 0.3 is 5.97 Å². The molecule has 5 heteroatoms. The maximum absolute atomic E-state index is 12.3. The summed E-state index contributed by atoms with van der Waals surface area (Å²) < 4.78 is 0. The summed E-state index contributed by atoms with van der Waals surface area (Å²) in [5, 5.41) is 9.32. The number of anilines is 1. The molecule has 0 aromatic heterocycles. The Morgan fingerprint density at radius 2 is 1.90 bits per heavy atom. The van der Waals surface area contributed by atoms with Crippen LogP contribution in [0.3, 0.4) is 0 Å².